The van der Waals surface area contributed by atoms with E-state index in [1.165, 1.54) is 5.69 Å². The molecule has 0 saturated heterocycles. The van der Waals surface area contributed by atoms with Gasteiger partial charge in [0, 0.05) is 12.2 Å². The maximum atomic E-state index is 9.15. The van der Waals surface area contributed by atoms with Gasteiger partial charge in [0.15, 0.2) is 0 Å². The summed E-state index contributed by atoms with van der Waals surface area (Å²) in [5.41, 5.74) is 1.90. The molecule has 4 nitrogen and oxygen atoms in total. The van der Waals surface area contributed by atoms with E-state index in [-0.39, 0.29) is 5.54 Å². The molecular formula is C14H24N4. The first-order valence-corrected chi connectivity index (χ1v) is 6.68. The van der Waals surface area contributed by atoms with Crippen molar-refractivity contribution in [1.82, 2.24) is 15.1 Å². The van der Waals surface area contributed by atoms with Crippen LogP contribution in [0.4, 0.5) is 0 Å². The molecule has 1 rings (SSSR count). The van der Waals surface area contributed by atoms with Gasteiger partial charge in [0.1, 0.15) is 5.54 Å². The zero-order chi connectivity index (χ0) is 13.6. The van der Waals surface area contributed by atoms with E-state index in [2.05, 4.69) is 29.5 Å². The van der Waals surface area contributed by atoms with Crippen LogP contribution in [0.15, 0.2) is 6.07 Å². The summed E-state index contributed by atoms with van der Waals surface area (Å²) in [7, 11) is 0. The summed E-state index contributed by atoms with van der Waals surface area (Å²) >= 11 is 0. The van der Waals surface area contributed by atoms with Gasteiger partial charge < -0.3 is 0 Å². The summed E-state index contributed by atoms with van der Waals surface area (Å²) < 4.78 is 2.05. The van der Waals surface area contributed by atoms with Crippen LogP contribution in [0.5, 0.6) is 0 Å². The maximum Gasteiger partial charge on any atom is 0.103 e. The number of aryl methyl sites for hydroxylation is 3. The molecule has 0 fully saturated rings. The lowest BCUT2D eigenvalue weighted by Crippen LogP contribution is -2.40. The van der Waals surface area contributed by atoms with Gasteiger partial charge in [-0.25, -0.2) is 0 Å². The largest absolute Gasteiger partial charge is 0.300 e. The average Bonchev–Trinajstić information content (AvgIpc) is 2.64. The van der Waals surface area contributed by atoms with E-state index < -0.39 is 0 Å². The van der Waals surface area contributed by atoms with Gasteiger partial charge in [0.25, 0.3) is 0 Å². The molecule has 18 heavy (non-hydrogen) atoms. The van der Waals surface area contributed by atoms with Gasteiger partial charge in [0.05, 0.1) is 11.8 Å². The monoisotopic (exact) mass is 248 g/mol. The van der Waals surface area contributed by atoms with Crippen molar-refractivity contribution in [3.05, 3.63) is 17.5 Å². The molecule has 0 bridgehead atoms. The van der Waals surface area contributed by atoms with Crippen LogP contribution >= 0.6 is 0 Å². The van der Waals surface area contributed by atoms with Gasteiger partial charge in [0.2, 0.25) is 0 Å². The van der Waals surface area contributed by atoms with Crippen molar-refractivity contribution >= 4 is 0 Å². The topological polar surface area (TPSA) is 53.6 Å². The van der Waals surface area contributed by atoms with Crippen LogP contribution in [-0.4, -0.2) is 21.9 Å². The Bertz CT molecular complexity index is 416. The molecule has 100 valence electrons. The second-order valence-electron chi connectivity index (χ2n) is 5.08. The molecule has 1 N–H and O–H groups in total. The summed E-state index contributed by atoms with van der Waals surface area (Å²) in [6.45, 7) is 9.87. The Hall–Kier alpha value is -1.34. The molecule has 1 aromatic rings. The van der Waals surface area contributed by atoms with Crippen LogP contribution in [0.1, 0.15) is 44.5 Å². The molecule has 0 radical (unpaired) electrons. The lowest BCUT2D eigenvalue weighted by Gasteiger charge is -2.22. The van der Waals surface area contributed by atoms with Crippen molar-refractivity contribution in [1.29, 1.82) is 5.26 Å². The highest BCUT2D eigenvalue weighted by Crippen LogP contribution is 2.13. The molecule has 0 aliphatic carbocycles. The molecular weight excluding hydrogens is 224 g/mol. The first-order chi connectivity index (χ1) is 8.50. The highest BCUT2D eigenvalue weighted by Gasteiger charge is 2.21. The first-order valence-electron chi connectivity index (χ1n) is 6.68. The van der Waals surface area contributed by atoms with Crippen molar-refractivity contribution in [2.24, 2.45) is 0 Å². The Morgan fingerprint density at radius 2 is 2.17 bits per heavy atom. The number of nitrogens with zero attached hydrogens (tertiary/aromatic N) is 3. The lowest BCUT2D eigenvalue weighted by atomic mass is 9.96. The standard InChI is InChI=1S/C14H24N4/c1-5-16-14(4,11-15)8-6-7-9-18-13(3)10-12(2)17-18/h10,16H,5-9H2,1-4H3. The number of nitriles is 1. The van der Waals surface area contributed by atoms with Gasteiger partial charge >= 0.3 is 0 Å². The molecule has 1 atom stereocenters. The quantitative estimate of drug-likeness (QED) is 0.754. The second kappa shape index (κ2) is 6.55. The van der Waals surface area contributed by atoms with E-state index in [0.29, 0.717) is 0 Å². The average molecular weight is 248 g/mol. The van der Waals surface area contributed by atoms with E-state index in [1.54, 1.807) is 0 Å². The van der Waals surface area contributed by atoms with E-state index >= 15 is 0 Å². The number of aromatic nitrogens is 2. The highest BCUT2D eigenvalue weighted by molar-refractivity contribution is 5.06. The van der Waals surface area contributed by atoms with Crippen LogP contribution < -0.4 is 5.32 Å². The summed E-state index contributed by atoms with van der Waals surface area (Å²) in [6, 6.07) is 4.46. The van der Waals surface area contributed by atoms with Crippen molar-refractivity contribution in [2.75, 3.05) is 6.54 Å². The molecule has 0 spiro atoms. The molecule has 1 heterocycles. The zero-order valence-corrected chi connectivity index (χ0v) is 12.0. The summed E-state index contributed by atoms with van der Waals surface area (Å²) in [4.78, 5) is 0. The minimum atomic E-state index is -0.385. The van der Waals surface area contributed by atoms with Crippen molar-refractivity contribution in [3.63, 3.8) is 0 Å². The SMILES string of the molecule is CCNC(C)(C#N)CCCCn1nc(C)cc1C. The first kappa shape index (κ1) is 14.7. The van der Waals surface area contributed by atoms with Gasteiger partial charge in [-0.1, -0.05) is 6.92 Å². The number of hydrogen-bond donors (Lipinski definition) is 1. The predicted molar refractivity (Wildman–Crippen MR) is 73.2 cm³/mol. The number of hydrogen-bond acceptors (Lipinski definition) is 3. The van der Waals surface area contributed by atoms with Crippen molar-refractivity contribution in [3.8, 4) is 6.07 Å². The third kappa shape index (κ3) is 4.15. The molecule has 0 aromatic carbocycles. The van der Waals surface area contributed by atoms with Crippen LogP contribution in [0.25, 0.3) is 0 Å². The lowest BCUT2D eigenvalue weighted by molar-refractivity contribution is 0.400. The third-order valence-electron chi connectivity index (χ3n) is 3.21. The van der Waals surface area contributed by atoms with Gasteiger partial charge in [-0.05, 0) is 52.6 Å². The van der Waals surface area contributed by atoms with Gasteiger partial charge in [-0.15, -0.1) is 0 Å². The van der Waals surface area contributed by atoms with Crippen LogP contribution in [0.2, 0.25) is 0 Å². The fraction of sp³-hybridized carbons (Fsp3) is 0.714. The maximum absolute atomic E-state index is 9.15. The second-order valence-corrected chi connectivity index (χ2v) is 5.08. The van der Waals surface area contributed by atoms with Crippen molar-refractivity contribution in [2.45, 2.75) is 59.0 Å². The third-order valence-corrected chi connectivity index (χ3v) is 3.21. The predicted octanol–water partition coefficient (Wildman–Crippen LogP) is 2.56. The molecule has 1 unspecified atom stereocenters. The molecule has 0 saturated carbocycles. The Balaban J connectivity index is 2.35. The summed E-state index contributed by atoms with van der Waals surface area (Å²) in [6.07, 6.45) is 2.98. The zero-order valence-electron chi connectivity index (χ0n) is 12.0. The van der Waals surface area contributed by atoms with E-state index in [9.17, 15) is 0 Å². The summed E-state index contributed by atoms with van der Waals surface area (Å²) in [5.74, 6) is 0. The normalized spacial score (nSPS) is 14.2. The Morgan fingerprint density at radius 1 is 1.44 bits per heavy atom. The highest BCUT2D eigenvalue weighted by atomic mass is 15.3. The van der Waals surface area contributed by atoms with E-state index in [1.807, 2.05) is 25.5 Å². The van der Waals surface area contributed by atoms with E-state index in [4.69, 9.17) is 5.26 Å². The minimum absolute atomic E-state index is 0.385. The number of rotatable bonds is 7. The molecule has 4 heteroatoms. The number of unbranched alkanes of at least 4 members (excludes halogenated alkanes) is 1. The molecule has 0 aliphatic rings. The van der Waals surface area contributed by atoms with Crippen LogP contribution in [0, 0.1) is 25.2 Å². The smallest absolute Gasteiger partial charge is 0.103 e. The van der Waals surface area contributed by atoms with Crippen LogP contribution in [-0.2, 0) is 6.54 Å². The molecule has 1 aromatic heterocycles. The number of nitrogens with one attached hydrogen (secondary N) is 1. The fourth-order valence-corrected chi connectivity index (χ4v) is 2.22. The van der Waals surface area contributed by atoms with E-state index in [0.717, 1.165) is 38.0 Å². The fourth-order valence-electron chi connectivity index (χ4n) is 2.22. The molecule has 0 amide bonds. The minimum Gasteiger partial charge on any atom is -0.300 e. The Morgan fingerprint density at radius 3 is 2.67 bits per heavy atom. The molecule has 0 aliphatic heterocycles. The van der Waals surface area contributed by atoms with Gasteiger partial charge in [-0.3, -0.25) is 10.00 Å². The summed E-state index contributed by atoms with van der Waals surface area (Å²) in [5, 5.41) is 16.8. The van der Waals surface area contributed by atoms with Crippen molar-refractivity contribution < 1.29 is 0 Å². The van der Waals surface area contributed by atoms with Crippen LogP contribution in [0.3, 0.4) is 0 Å². The Labute approximate surface area is 110 Å². The van der Waals surface area contributed by atoms with Gasteiger partial charge in [-0.2, -0.15) is 10.4 Å². The Kier molecular flexibility index (Phi) is 5.36.